The molecule has 0 atom stereocenters. The van der Waals surface area contributed by atoms with Gasteiger partial charge in [0, 0.05) is 11.6 Å². The molecule has 1 rings (SSSR count). The Morgan fingerprint density at radius 1 is 1.50 bits per heavy atom. The standard InChI is InChI=1S/C9H6ClF3O3/c10-3-4-1-5(8(14)15)6(11)2-7(4)16-9(12)13/h1-2,9H,3H2,(H,14,15). The van der Waals surface area contributed by atoms with Crippen LogP contribution in [-0.4, -0.2) is 17.7 Å². The molecule has 0 unspecified atom stereocenters. The normalized spacial score (nSPS) is 10.6. The van der Waals surface area contributed by atoms with Gasteiger partial charge in [0.2, 0.25) is 0 Å². The second-order valence-electron chi connectivity index (χ2n) is 2.76. The minimum absolute atomic E-state index is 0.0132. The predicted octanol–water partition coefficient (Wildman–Crippen LogP) is 2.86. The van der Waals surface area contributed by atoms with Gasteiger partial charge in [0.25, 0.3) is 0 Å². The van der Waals surface area contributed by atoms with Crippen LogP contribution in [0.3, 0.4) is 0 Å². The highest BCUT2D eigenvalue weighted by atomic mass is 35.5. The third kappa shape index (κ3) is 2.79. The Balaban J connectivity index is 3.21. The summed E-state index contributed by atoms with van der Waals surface area (Å²) >= 11 is 5.40. The summed E-state index contributed by atoms with van der Waals surface area (Å²) in [5.74, 6) is -3.39. The SMILES string of the molecule is O=C(O)c1cc(CCl)c(OC(F)F)cc1F. The monoisotopic (exact) mass is 254 g/mol. The van der Waals surface area contributed by atoms with Gasteiger partial charge in [0.1, 0.15) is 11.6 Å². The van der Waals surface area contributed by atoms with Crippen molar-refractivity contribution in [2.45, 2.75) is 12.5 Å². The van der Waals surface area contributed by atoms with Crippen molar-refractivity contribution >= 4 is 17.6 Å². The van der Waals surface area contributed by atoms with E-state index in [1.165, 1.54) is 0 Å². The Morgan fingerprint density at radius 3 is 2.56 bits per heavy atom. The van der Waals surface area contributed by atoms with E-state index in [-0.39, 0.29) is 11.4 Å². The van der Waals surface area contributed by atoms with Gasteiger partial charge < -0.3 is 9.84 Å². The fourth-order valence-electron chi connectivity index (χ4n) is 1.07. The second-order valence-corrected chi connectivity index (χ2v) is 3.02. The maximum Gasteiger partial charge on any atom is 0.387 e. The van der Waals surface area contributed by atoms with Gasteiger partial charge in [-0.3, -0.25) is 0 Å². The van der Waals surface area contributed by atoms with Gasteiger partial charge in [-0.15, -0.1) is 11.6 Å². The van der Waals surface area contributed by atoms with Crippen molar-refractivity contribution in [1.82, 2.24) is 0 Å². The molecule has 0 fully saturated rings. The lowest BCUT2D eigenvalue weighted by molar-refractivity contribution is -0.0504. The summed E-state index contributed by atoms with van der Waals surface area (Å²) in [6, 6.07) is 1.44. The average Bonchev–Trinajstić information content (AvgIpc) is 2.16. The molecule has 0 aliphatic rings. The van der Waals surface area contributed by atoms with Gasteiger partial charge in [-0.1, -0.05) is 0 Å². The zero-order valence-electron chi connectivity index (χ0n) is 7.71. The number of ether oxygens (including phenoxy) is 1. The lowest BCUT2D eigenvalue weighted by atomic mass is 10.1. The molecule has 0 spiro atoms. The molecule has 0 amide bonds. The number of benzene rings is 1. The summed E-state index contributed by atoms with van der Waals surface area (Å²) in [5.41, 5.74) is -0.655. The van der Waals surface area contributed by atoms with Crippen LogP contribution in [0.25, 0.3) is 0 Å². The Bertz CT molecular complexity index is 409. The maximum absolute atomic E-state index is 13.1. The van der Waals surface area contributed by atoms with E-state index in [1.807, 2.05) is 0 Å². The molecule has 0 heterocycles. The average molecular weight is 255 g/mol. The quantitative estimate of drug-likeness (QED) is 0.841. The number of alkyl halides is 3. The van der Waals surface area contributed by atoms with Crippen molar-refractivity contribution in [3.63, 3.8) is 0 Å². The van der Waals surface area contributed by atoms with Gasteiger partial charge in [0.05, 0.1) is 11.4 Å². The molecule has 16 heavy (non-hydrogen) atoms. The topological polar surface area (TPSA) is 46.5 Å². The van der Waals surface area contributed by atoms with E-state index in [0.29, 0.717) is 6.07 Å². The summed E-state index contributed by atoms with van der Waals surface area (Å²) < 4.78 is 41.0. The molecule has 1 N–H and O–H groups in total. The van der Waals surface area contributed by atoms with Crippen LogP contribution >= 0.6 is 11.6 Å². The van der Waals surface area contributed by atoms with E-state index in [0.717, 1.165) is 6.07 Å². The zero-order chi connectivity index (χ0) is 12.3. The first-order valence-electron chi connectivity index (χ1n) is 4.02. The molecule has 0 saturated carbocycles. The van der Waals surface area contributed by atoms with Crippen LogP contribution in [0.4, 0.5) is 13.2 Å². The fourth-order valence-corrected chi connectivity index (χ4v) is 1.28. The van der Waals surface area contributed by atoms with Crippen LogP contribution in [0, 0.1) is 5.82 Å². The Morgan fingerprint density at radius 2 is 2.12 bits per heavy atom. The van der Waals surface area contributed by atoms with Crippen LogP contribution in [0.15, 0.2) is 12.1 Å². The van der Waals surface area contributed by atoms with E-state index < -0.39 is 29.7 Å². The van der Waals surface area contributed by atoms with Crippen LogP contribution < -0.4 is 4.74 Å². The van der Waals surface area contributed by atoms with Crippen LogP contribution in [0.5, 0.6) is 5.75 Å². The van der Waals surface area contributed by atoms with Gasteiger partial charge in [-0.05, 0) is 6.07 Å². The number of rotatable bonds is 4. The third-order valence-electron chi connectivity index (χ3n) is 1.74. The Labute approximate surface area is 93.4 Å². The molecule has 0 radical (unpaired) electrons. The summed E-state index contributed by atoms with van der Waals surface area (Å²) in [5, 5.41) is 8.59. The van der Waals surface area contributed by atoms with Crippen molar-refractivity contribution in [2.24, 2.45) is 0 Å². The number of hydrogen-bond donors (Lipinski definition) is 1. The Hall–Kier alpha value is -1.43. The molecule has 1 aromatic carbocycles. The first-order chi connectivity index (χ1) is 7.45. The second kappa shape index (κ2) is 5.07. The van der Waals surface area contributed by atoms with Crippen molar-refractivity contribution in [3.05, 3.63) is 29.1 Å². The number of carboxylic acids is 1. The zero-order valence-corrected chi connectivity index (χ0v) is 8.47. The van der Waals surface area contributed by atoms with E-state index >= 15 is 0 Å². The third-order valence-corrected chi connectivity index (χ3v) is 2.03. The number of carboxylic acid groups (broad SMARTS) is 1. The summed E-state index contributed by atoms with van der Waals surface area (Å²) in [6.07, 6.45) is 0. The molecule has 0 aliphatic heterocycles. The van der Waals surface area contributed by atoms with Crippen molar-refractivity contribution in [1.29, 1.82) is 0 Å². The highest BCUT2D eigenvalue weighted by molar-refractivity contribution is 6.17. The van der Waals surface area contributed by atoms with Gasteiger partial charge >= 0.3 is 12.6 Å². The van der Waals surface area contributed by atoms with Crippen molar-refractivity contribution in [3.8, 4) is 5.75 Å². The predicted molar refractivity (Wildman–Crippen MR) is 49.5 cm³/mol. The lowest BCUT2D eigenvalue weighted by Gasteiger charge is -2.10. The molecule has 0 aromatic heterocycles. The van der Waals surface area contributed by atoms with Crippen molar-refractivity contribution in [2.75, 3.05) is 0 Å². The number of halogens is 4. The molecular formula is C9H6ClF3O3. The number of carbonyl (C=O) groups is 1. The molecule has 0 saturated heterocycles. The summed E-state index contributed by atoms with van der Waals surface area (Å²) in [6.45, 7) is -3.13. The van der Waals surface area contributed by atoms with Gasteiger partial charge in [0.15, 0.2) is 0 Å². The molecule has 88 valence electrons. The molecule has 0 aliphatic carbocycles. The van der Waals surface area contributed by atoms with E-state index in [1.54, 1.807) is 0 Å². The maximum atomic E-state index is 13.1. The van der Waals surface area contributed by atoms with Gasteiger partial charge in [-0.2, -0.15) is 8.78 Å². The molecule has 0 bridgehead atoms. The number of aromatic carboxylic acids is 1. The molecule has 7 heteroatoms. The molecule has 1 aromatic rings. The summed E-state index contributed by atoms with van der Waals surface area (Å²) in [7, 11) is 0. The highest BCUT2D eigenvalue weighted by Gasteiger charge is 2.17. The summed E-state index contributed by atoms with van der Waals surface area (Å²) in [4.78, 5) is 10.6. The van der Waals surface area contributed by atoms with E-state index in [9.17, 15) is 18.0 Å². The first kappa shape index (κ1) is 12.6. The lowest BCUT2D eigenvalue weighted by Crippen LogP contribution is -2.07. The smallest absolute Gasteiger partial charge is 0.387 e. The first-order valence-corrected chi connectivity index (χ1v) is 4.55. The minimum atomic E-state index is -3.13. The van der Waals surface area contributed by atoms with E-state index in [4.69, 9.17) is 16.7 Å². The van der Waals surface area contributed by atoms with Gasteiger partial charge in [-0.25, -0.2) is 9.18 Å². The highest BCUT2D eigenvalue weighted by Crippen LogP contribution is 2.26. The minimum Gasteiger partial charge on any atom is -0.478 e. The van der Waals surface area contributed by atoms with Crippen LogP contribution in [0.2, 0.25) is 0 Å². The molecular weight excluding hydrogens is 249 g/mol. The van der Waals surface area contributed by atoms with Crippen molar-refractivity contribution < 1.29 is 27.8 Å². The fraction of sp³-hybridized carbons (Fsp3) is 0.222. The number of hydrogen-bond acceptors (Lipinski definition) is 2. The van der Waals surface area contributed by atoms with Crippen LogP contribution in [0.1, 0.15) is 15.9 Å². The van der Waals surface area contributed by atoms with Crippen LogP contribution in [-0.2, 0) is 5.88 Å². The Kier molecular flexibility index (Phi) is 4.00. The van der Waals surface area contributed by atoms with E-state index in [2.05, 4.69) is 4.74 Å². The molecule has 3 nitrogen and oxygen atoms in total. The largest absolute Gasteiger partial charge is 0.478 e.